The Balaban J connectivity index is 1.57. The number of nitrogens with zero attached hydrogens (tertiary/aromatic N) is 3. The second kappa shape index (κ2) is 7.50. The second-order valence-electron chi connectivity index (χ2n) is 8.02. The molecule has 1 unspecified atom stereocenters. The van der Waals surface area contributed by atoms with Crippen LogP contribution in [0.15, 0.2) is 6.20 Å². The fourth-order valence-corrected chi connectivity index (χ4v) is 4.48. The lowest BCUT2D eigenvalue weighted by molar-refractivity contribution is -0.138. The molecule has 0 saturated carbocycles. The summed E-state index contributed by atoms with van der Waals surface area (Å²) in [6, 6.07) is 0. The molecule has 0 radical (unpaired) electrons. The minimum Gasteiger partial charge on any atom is -0.340 e. The van der Waals surface area contributed by atoms with Crippen molar-refractivity contribution in [2.45, 2.75) is 45.6 Å². The number of carbonyl (C=O) groups is 1. The minimum absolute atomic E-state index is 0.165. The predicted molar refractivity (Wildman–Crippen MR) is 98.3 cm³/mol. The lowest BCUT2D eigenvalue weighted by atomic mass is 9.96. The summed E-state index contributed by atoms with van der Waals surface area (Å²) in [5.41, 5.74) is 0.165. The molecule has 134 valence electrons. The maximum atomic E-state index is 12.7. The summed E-state index contributed by atoms with van der Waals surface area (Å²) in [6.07, 6.45) is 4.16. The van der Waals surface area contributed by atoms with E-state index in [0.29, 0.717) is 5.91 Å². The number of amides is 1. The Morgan fingerprint density at radius 3 is 2.75 bits per heavy atom. The highest BCUT2D eigenvalue weighted by Crippen LogP contribution is 2.29. The van der Waals surface area contributed by atoms with Crippen molar-refractivity contribution in [3.05, 3.63) is 16.1 Å². The number of likely N-dealkylation sites (tertiary alicyclic amines) is 1. The summed E-state index contributed by atoms with van der Waals surface area (Å²) in [5.74, 6) is 0.523. The molecule has 0 aromatic carbocycles. The molecule has 0 bridgehead atoms. The van der Waals surface area contributed by atoms with Crippen LogP contribution in [0.5, 0.6) is 0 Å². The molecule has 0 spiro atoms. The van der Waals surface area contributed by atoms with Gasteiger partial charge in [-0.05, 0) is 24.8 Å². The van der Waals surface area contributed by atoms with Crippen molar-refractivity contribution < 1.29 is 4.79 Å². The zero-order valence-electron chi connectivity index (χ0n) is 15.2. The number of aromatic nitrogens is 1. The number of piperidine rings is 1. The van der Waals surface area contributed by atoms with E-state index in [0.717, 1.165) is 58.7 Å². The predicted octanol–water partition coefficient (Wildman–Crippen LogP) is 2.08. The molecule has 2 aliphatic heterocycles. The fraction of sp³-hybridized carbons (Fsp3) is 0.778. The number of hydrogen-bond donors (Lipinski definition) is 1. The monoisotopic (exact) mass is 350 g/mol. The van der Waals surface area contributed by atoms with Gasteiger partial charge in [-0.1, -0.05) is 20.8 Å². The van der Waals surface area contributed by atoms with Gasteiger partial charge in [-0.3, -0.25) is 9.69 Å². The van der Waals surface area contributed by atoms with Crippen LogP contribution in [0.1, 0.15) is 43.5 Å². The van der Waals surface area contributed by atoms with E-state index in [1.165, 1.54) is 9.88 Å². The van der Waals surface area contributed by atoms with E-state index in [-0.39, 0.29) is 11.3 Å². The van der Waals surface area contributed by atoms with E-state index in [1.807, 2.05) is 22.4 Å². The molecular formula is C18H30N4OS. The summed E-state index contributed by atoms with van der Waals surface area (Å²) in [4.78, 5) is 23.2. The van der Waals surface area contributed by atoms with Gasteiger partial charge in [0.25, 0.3) is 0 Å². The molecule has 24 heavy (non-hydrogen) atoms. The first kappa shape index (κ1) is 17.8. The second-order valence-corrected chi connectivity index (χ2v) is 9.13. The van der Waals surface area contributed by atoms with Gasteiger partial charge < -0.3 is 10.2 Å². The van der Waals surface area contributed by atoms with Crippen molar-refractivity contribution >= 4 is 17.2 Å². The molecule has 1 aromatic heterocycles. The van der Waals surface area contributed by atoms with Gasteiger partial charge >= 0.3 is 0 Å². The van der Waals surface area contributed by atoms with Gasteiger partial charge in [0.1, 0.15) is 5.01 Å². The molecule has 1 N–H and O–H groups in total. The molecule has 1 aromatic rings. The van der Waals surface area contributed by atoms with Crippen LogP contribution in [-0.2, 0) is 16.8 Å². The lowest BCUT2D eigenvalue weighted by Gasteiger charge is -2.36. The van der Waals surface area contributed by atoms with Crippen LogP contribution in [0.3, 0.4) is 0 Å². The highest BCUT2D eigenvalue weighted by molar-refractivity contribution is 7.11. The van der Waals surface area contributed by atoms with E-state index < -0.39 is 0 Å². The van der Waals surface area contributed by atoms with Gasteiger partial charge in [0.2, 0.25) is 5.91 Å². The van der Waals surface area contributed by atoms with Gasteiger partial charge in [0, 0.05) is 43.8 Å². The SMILES string of the molecule is CC(C)(C)c1cnc(CN2CCCC(C(=O)N3CCNCC3)C2)s1. The standard InChI is InChI=1S/C18H30N4OS/c1-18(2,3)15-11-20-16(24-15)13-21-8-4-5-14(12-21)17(23)22-9-6-19-7-10-22/h11,14,19H,4-10,12-13H2,1-3H3. The van der Waals surface area contributed by atoms with Crippen LogP contribution < -0.4 is 5.32 Å². The van der Waals surface area contributed by atoms with Crippen molar-refractivity contribution in [2.75, 3.05) is 39.3 Å². The van der Waals surface area contributed by atoms with Crippen molar-refractivity contribution in [3.63, 3.8) is 0 Å². The van der Waals surface area contributed by atoms with Crippen molar-refractivity contribution in [1.29, 1.82) is 0 Å². The Labute approximate surface area is 149 Å². The number of piperazine rings is 1. The minimum atomic E-state index is 0.165. The zero-order chi connectivity index (χ0) is 17.2. The average Bonchev–Trinajstić information content (AvgIpc) is 3.04. The Morgan fingerprint density at radius 1 is 1.33 bits per heavy atom. The van der Waals surface area contributed by atoms with Crippen molar-refractivity contribution in [2.24, 2.45) is 5.92 Å². The van der Waals surface area contributed by atoms with Crippen molar-refractivity contribution in [1.82, 2.24) is 20.1 Å². The summed E-state index contributed by atoms with van der Waals surface area (Å²) in [5, 5.41) is 4.49. The molecule has 3 heterocycles. The van der Waals surface area contributed by atoms with Gasteiger partial charge in [0.05, 0.1) is 12.5 Å². The van der Waals surface area contributed by atoms with E-state index in [2.05, 4.69) is 36.0 Å². The highest BCUT2D eigenvalue weighted by atomic mass is 32.1. The third kappa shape index (κ3) is 4.35. The number of carbonyl (C=O) groups excluding carboxylic acids is 1. The Kier molecular flexibility index (Phi) is 5.57. The lowest BCUT2D eigenvalue weighted by Crippen LogP contribution is -2.51. The average molecular weight is 351 g/mol. The molecule has 1 atom stereocenters. The number of rotatable bonds is 3. The van der Waals surface area contributed by atoms with Gasteiger partial charge in [-0.2, -0.15) is 0 Å². The van der Waals surface area contributed by atoms with E-state index in [9.17, 15) is 4.79 Å². The van der Waals surface area contributed by atoms with Crippen LogP contribution in [-0.4, -0.2) is 60.0 Å². The van der Waals surface area contributed by atoms with Gasteiger partial charge in [0.15, 0.2) is 0 Å². The highest BCUT2D eigenvalue weighted by Gasteiger charge is 2.30. The number of hydrogen-bond acceptors (Lipinski definition) is 5. The summed E-state index contributed by atoms with van der Waals surface area (Å²) < 4.78 is 0. The molecular weight excluding hydrogens is 320 g/mol. The molecule has 2 aliphatic rings. The summed E-state index contributed by atoms with van der Waals surface area (Å²) in [6.45, 7) is 13.1. The Morgan fingerprint density at radius 2 is 2.08 bits per heavy atom. The largest absolute Gasteiger partial charge is 0.340 e. The molecule has 2 fully saturated rings. The first-order valence-corrected chi connectivity index (χ1v) is 9.92. The third-order valence-electron chi connectivity index (χ3n) is 4.94. The number of thiazole rings is 1. The molecule has 6 heteroatoms. The molecule has 5 nitrogen and oxygen atoms in total. The number of nitrogens with one attached hydrogen (secondary N) is 1. The van der Waals surface area contributed by atoms with Crippen molar-refractivity contribution in [3.8, 4) is 0 Å². The molecule has 1 amide bonds. The first-order valence-electron chi connectivity index (χ1n) is 9.10. The summed E-state index contributed by atoms with van der Waals surface area (Å²) >= 11 is 1.81. The topological polar surface area (TPSA) is 48.5 Å². The van der Waals surface area contributed by atoms with Crippen LogP contribution in [0.25, 0.3) is 0 Å². The maximum Gasteiger partial charge on any atom is 0.227 e. The fourth-order valence-electron chi connectivity index (χ4n) is 3.47. The van der Waals surface area contributed by atoms with E-state index in [1.54, 1.807) is 0 Å². The smallest absolute Gasteiger partial charge is 0.227 e. The van der Waals surface area contributed by atoms with E-state index >= 15 is 0 Å². The maximum absolute atomic E-state index is 12.7. The van der Waals surface area contributed by atoms with Gasteiger partial charge in [-0.25, -0.2) is 4.98 Å². The van der Waals surface area contributed by atoms with Crippen LogP contribution in [0.4, 0.5) is 0 Å². The molecule has 0 aliphatic carbocycles. The third-order valence-corrected chi connectivity index (χ3v) is 6.34. The van der Waals surface area contributed by atoms with Crippen LogP contribution in [0, 0.1) is 5.92 Å². The quantitative estimate of drug-likeness (QED) is 0.907. The van der Waals surface area contributed by atoms with Gasteiger partial charge in [-0.15, -0.1) is 11.3 Å². The Bertz CT molecular complexity index is 560. The van der Waals surface area contributed by atoms with E-state index in [4.69, 9.17) is 0 Å². The summed E-state index contributed by atoms with van der Waals surface area (Å²) in [7, 11) is 0. The van der Waals surface area contributed by atoms with Crippen LogP contribution >= 0.6 is 11.3 Å². The Hall–Kier alpha value is -0.980. The normalized spacial score (nSPS) is 23.5. The zero-order valence-corrected chi connectivity index (χ0v) is 16.0. The first-order chi connectivity index (χ1) is 11.4. The van der Waals surface area contributed by atoms with Crippen LogP contribution in [0.2, 0.25) is 0 Å². The molecule has 2 saturated heterocycles. The molecule has 3 rings (SSSR count).